The summed E-state index contributed by atoms with van der Waals surface area (Å²) in [6.07, 6.45) is 1.11. The second-order valence-electron chi connectivity index (χ2n) is 4.28. The first kappa shape index (κ1) is 11.5. The molecule has 2 N–H and O–H groups in total. The summed E-state index contributed by atoms with van der Waals surface area (Å²) in [5.74, 6) is 0.704. The molecule has 0 amide bonds. The quantitative estimate of drug-likeness (QED) is 0.877. The fourth-order valence-corrected chi connectivity index (χ4v) is 3.27. The topological polar surface area (TPSA) is 41.6 Å². The summed E-state index contributed by atoms with van der Waals surface area (Å²) in [5, 5.41) is 0. The zero-order chi connectivity index (χ0) is 11.7. The minimum Gasteiger partial charge on any atom is -0.370 e. The molecule has 0 aliphatic carbocycles. The molecule has 2 heterocycles. The maximum atomic E-state index is 5.93. The van der Waals surface area contributed by atoms with Gasteiger partial charge in [-0.15, -0.1) is 11.3 Å². The molecule has 0 aromatic carbocycles. The van der Waals surface area contributed by atoms with Crippen LogP contribution in [0.1, 0.15) is 34.7 Å². The Labute approximate surface area is 101 Å². The molecule has 0 spiro atoms. The van der Waals surface area contributed by atoms with E-state index in [4.69, 9.17) is 5.73 Å². The van der Waals surface area contributed by atoms with Crippen LogP contribution < -0.4 is 5.73 Å². The lowest BCUT2D eigenvalue weighted by Gasteiger charge is -2.25. The lowest BCUT2D eigenvalue weighted by atomic mass is 10.1. The molecule has 0 saturated heterocycles. The number of thiophene rings is 1. The highest BCUT2D eigenvalue weighted by molar-refractivity contribution is 7.12. The van der Waals surface area contributed by atoms with E-state index in [1.807, 2.05) is 11.3 Å². The average Bonchev–Trinajstić information content (AvgIpc) is 2.73. The first-order chi connectivity index (χ1) is 7.63. The second kappa shape index (κ2) is 4.45. The van der Waals surface area contributed by atoms with Crippen molar-refractivity contribution < 1.29 is 0 Å². The predicted octanol–water partition coefficient (Wildman–Crippen LogP) is 2.45. The maximum Gasteiger partial charge on any atom is 0.191 e. The normalized spacial score (nSPS) is 20.3. The molecule has 1 atom stereocenters. The number of aryl methyl sites for hydroxylation is 2. The van der Waals surface area contributed by atoms with Crippen molar-refractivity contribution in [2.45, 2.75) is 33.2 Å². The van der Waals surface area contributed by atoms with Crippen LogP contribution in [0.3, 0.4) is 0 Å². The zero-order valence-corrected chi connectivity index (χ0v) is 11.0. The first-order valence-electron chi connectivity index (χ1n) is 5.77. The number of guanidine groups is 1. The summed E-state index contributed by atoms with van der Waals surface area (Å²) in [5.41, 5.74) is 7.33. The highest BCUT2D eigenvalue weighted by Crippen LogP contribution is 2.32. The van der Waals surface area contributed by atoms with Gasteiger partial charge in [-0.1, -0.05) is 6.92 Å². The van der Waals surface area contributed by atoms with Gasteiger partial charge >= 0.3 is 0 Å². The summed E-state index contributed by atoms with van der Waals surface area (Å²) in [6, 6.07) is 2.64. The van der Waals surface area contributed by atoms with Crippen molar-refractivity contribution in [2.24, 2.45) is 10.7 Å². The molecular formula is C12H19N3S. The van der Waals surface area contributed by atoms with Crippen LogP contribution in [0.15, 0.2) is 11.1 Å². The number of rotatable bonds is 3. The van der Waals surface area contributed by atoms with Gasteiger partial charge in [-0.3, -0.25) is 4.99 Å². The SMILES string of the molecule is CCCN1C(N)=NCC1c1cc(C)sc1C. The molecule has 88 valence electrons. The van der Waals surface area contributed by atoms with Crippen LogP contribution >= 0.6 is 11.3 Å². The van der Waals surface area contributed by atoms with Crippen LogP contribution in [0.2, 0.25) is 0 Å². The van der Waals surface area contributed by atoms with Crippen LogP contribution in [0, 0.1) is 13.8 Å². The van der Waals surface area contributed by atoms with E-state index in [2.05, 4.69) is 36.7 Å². The predicted molar refractivity (Wildman–Crippen MR) is 70.0 cm³/mol. The first-order valence-corrected chi connectivity index (χ1v) is 6.58. The van der Waals surface area contributed by atoms with Crippen molar-refractivity contribution >= 4 is 17.3 Å². The molecule has 0 radical (unpaired) electrons. The summed E-state index contributed by atoms with van der Waals surface area (Å²) >= 11 is 1.86. The molecule has 4 heteroatoms. The van der Waals surface area contributed by atoms with Gasteiger partial charge in [0.1, 0.15) is 0 Å². The Hall–Kier alpha value is -1.03. The highest BCUT2D eigenvalue weighted by Gasteiger charge is 2.28. The Morgan fingerprint density at radius 1 is 1.56 bits per heavy atom. The largest absolute Gasteiger partial charge is 0.370 e. The fraction of sp³-hybridized carbons (Fsp3) is 0.583. The number of nitrogens with zero attached hydrogens (tertiary/aromatic N) is 2. The lowest BCUT2D eigenvalue weighted by Crippen LogP contribution is -2.36. The van der Waals surface area contributed by atoms with E-state index in [1.54, 1.807) is 0 Å². The molecule has 1 aromatic rings. The number of aliphatic imine (C=N–C) groups is 1. The van der Waals surface area contributed by atoms with Crippen LogP contribution in [0.5, 0.6) is 0 Å². The van der Waals surface area contributed by atoms with E-state index in [1.165, 1.54) is 15.3 Å². The van der Waals surface area contributed by atoms with Gasteiger partial charge in [0, 0.05) is 16.3 Å². The van der Waals surface area contributed by atoms with Crippen molar-refractivity contribution in [1.82, 2.24) is 4.90 Å². The molecular weight excluding hydrogens is 218 g/mol. The Kier molecular flexibility index (Phi) is 3.19. The van der Waals surface area contributed by atoms with Gasteiger partial charge in [-0.2, -0.15) is 0 Å². The minimum absolute atomic E-state index is 0.366. The number of nitrogens with two attached hydrogens (primary N) is 1. The zero-order valence-electron chi connectivity index (χ0n) is 10.2. The smallest absolute Gasteiger partial charge is 0.191 e. The fourth-order valence-electron chi connectivity index (χ4n) is 2.29. The molecule has 1 unspecified atom stereocenters. The van der Waals surface area contributed by atoms with Crippen LogP contribution in [0.4, 0.5) is 0 Å². The Morgan fingerprint density at radius 2 is 2.31 bits per heavy atom. The highest BCUT2D eigenvalue weighted by atomic mass is 32.1. The molecule has 2 rings (SSSR count). The third-order valence-electron chi connectivity index (χ3n) is 3.00. The molecule has 3 nitrogen and oxygen atoms in total. The van der Waals surface area contributed by atoms with Crippen molar-refractivity contribution in [3.8, 4) is 0 Å². The second-order valence-corrected chi connectivity index (χ2v) is 5.74. The molecule has 0 bridgehead atoms. The third kappa shape index (κ3) is 1.94. The van der Waals surface area contributed by atoms with E-state index in [-0.39, 0.29) is 0 Å². The van der Waals surface area contributed by atoms with E-state index in [0.717, 1.165) is 19.5 Å². The average molecular weight is 237 g/mol. The maximum absolute atomic E-state index is 5.93. The molecule has 1 aliphatic heterocycles. The van der Waals surface area contributed by atoms with Crippen LogP contribution in [-0.4, -0.2) is 23.9 Å². The minimum atomic E-state index is 0.366. The van der Waals surface area contributed by atoms with Gasteiger partial charge in [0.15, 0.2) is 5.96 Å². The van der Waals surface area contributed by atoms with Gasteiger partial charge in [0.2, 0.25) is 0 Å². The van der Waals surface area contributed by atoms with Crippen molar-refractivity contribution in [1.29, 1.82) is 0 Å². The van der Waals surface area contributed by atoms with Crippen molar-refractivity contribution in [3.05, 3.63) is 21.4 Å². The third-order valence-corrected chi connectivity index (χ3v) is 3.98. The van der Waals surface area contributed by atoms with E-state index >= 15 is 0 Å². The molecule has 16 heavy (non-hydrogen) atoms. The van der Waals surface area contributed by atoms with Gasteiger partial charge in [0.05, 0.1) is 12.6 Å². The molecule has 1 aliphatic rings. The number of hydrogen-bond donors (Lipinski definition) is 1. The summed E-state index contributed by atoms with van der Waals surface area (Å²) < 4.78 is 0. The van der Waals surface area contributed by atoms with Crippen LogP contribution in [-0.2, 0) is 0 Å². The Balaban J connectivity index is 2.25. The standard InChI is InChI=1S/C12H19N3S/c1-4-5-15-11(7-14-12(15)13)10-6-8(2)16-9(10)3/h6,11H,4-5,7H2,1-3H3,(H2,13,14). The monoisotopic (exact) mass is 237 g/mol. The van der Waals surface area contributed by atoms with Crippen molar-refractivity contribution in [3.63, 3.8) is 0 Å². The molecule has 1 aromatic heterocycles. The molecule has 0 saturated carbocycles. The lowest BCUT2D eigenvalue weighted by molar-refractivity contribution is 0.347. The summed E-state index contributed by atoms with van der Waals surface area (Å²) in [4.78, 5) is 9.37. The Bertz CT molecular complexity index is 408. The van der Waals surface area contributed by atoms with Crippen LogP contribution in [0.25, 0.3) is 0 Å². The Morgan fingerprint density at radius 3 is 2.88 bits per heavy atom. The summed E-state index contributed by atoms with van der Waals surface area (Å²) in [7, 11) is 0. The van der Waals surface area contributed by atoms with Gasteiger partial charge < -0.3 is 10.6 Å². The van der Waals surface area contributed by atoms with Gasteiger partial charge in [-0.25, -0.2) is 0 Å². The van der Waals surface area contributed by atoms with E-state index < -0.39 is 0 Å². The summed E-state index contributed by atoms with van der Waals surface area (Å²) in [6.45, 7) is 8.32. The van der Waals surface area contributed by atoms with E-state index in [0.29, 0.717) is 12.0 Å². The van der Waals surface area contributed by atoms with Gasteiger partial charge in [0.25, 0.3) is 0 Å². The number of hydrogen-bond acceptors (Lipinski definition) is 4. The van der Waals surface area contributed by atoms with Gasteiger partial charge in [-0.05, 0) is 31.9 Å². The van der Waals surface area contributed by atoms with E-state index in [9.17, 15) is 0 Å². The van der Waals surface area contributed by atoms with Crippen molar-refractivity contribution in [2.75, 3.05) is 13.1 Å². The molecule has 0 fully saturated rings.